The zero-order chi connectivity index (χ0) is 11.4. The van der Waals surface area contributed by atoms with Crippen molar-refractivity contribution in [1.82, 2.24) is 5.32 Å². The van der Waals surface area contributed by atoms with Crippen LogP contribution in [0.5, 0.6) is 5.75 Å². The first-order valence-electron chi connectivity index (χ1n) is 5.58. The Labute approximate surface area is 95.0 Å². The Balaban J connectivity index is 1.99. The van der Waals surface area contributed by atoms with Gasteiger partial charge in [-0.1, -0.05) is 19.1 Å². The molecular formula is C12H16N2O2. The van der Waals surface area contributed by atoms with Crippen molar-refractivity contribution in [2.24, 2.45) is 0 Å². The molecule has 1 amide bonds. The normalized spacial score (nSPS) is 17.9. The van der Waals surface area contributed by atoms with Gasteiger partial charge in [0.2, 0.25) is 0 Å². The molecule has 1 atom stereocenters. The van der Waals surface area contributed by atoms with Crippen LogP contribution in [0.25, 0.3) is 0 Å². The van der Waals surface area contributed by atoms with Crippen LogP contribution in [0.3, 0.4) is 0 Å². The quantitative estimate of drug-likeness (QED) is 0.809. The molecule has 1 aliphatic rings. The third kappa shape index (κ3) is 2.27. The van der Waals surface area contributed by atoms with E-state index < -0.39 is 6.10 Å². The molecule has 1 aromatic carbocycles. The number of anilines is 1. The SMILES string of the molecule is CCCNC(=O)[C@H]1CNc2ccccc2O1. The van der Waals surface area contributed by atoms with E-state index in [9.17, 15) is 4.79 Å². The van der Waals surface area contributed by atoms with Gasteiger partial charge in [-0.2, -0.15) is 0 Å². The molecule has 16 heavy (non-hydrogen) atoms. The lowest BCUT2D eigenvalue weighted by Gasteiger charge is -2.26. The highest BCUT2D eigenvalue weighted by molar-refractivity contribution is 5.83. The lowest BCUT2D eigenvalue weighted by atomic mass is 10.2. The number of carbonyl (C=O) groups excluding carboxylic acids is 1. The molecule has 1 heterocycles. The first-order valence-corrected chi connectivity index (χ1v) is 5.58. The summed E-state index contributed by atoms with van der Waals surface area (Å²) in [6, 6.07) is 7.64. The van der Waals surface area contributed by atoms with E-state index in [4.69, 9.17) is 4.74 Å². The minimum atomic E-state index is -0.429. The first kappa shape index (κ1) is 10.8. The fourth-order valence-corrected chi connectivity index (χ4v) is 1.62. The second-order valence-corrected chi connectivity index (χ2v) is 3.77. The molecular weight excluding hydrogens is 204 g/mol. The molecule has 0 saturated heterocycles. The number of benzene rings is 1. The van der Waals surface area contributed by atoms with E-state index in [0.717, 1.165) is 17.9 Å². The number of fused-ring (bicyclic) bond motifs is 1. The fraction of sp³-hybridized carbons (Fsp3) is 0.417. The van der Waals surface area contributed by atoms with E-state index in [2.05, 4.69) is 10.6 Å². The number of hydrogen-bond donors (Lipinski definition) is 2. The minimum absolute atomic E-state index is 0.0520. The summed E-state index contributed by atoms with van der Waals surface area (Å²) in [6.45, 7) is 3.24. The third-order valence-corrected chi connectivity index (χ3v) is 2.48. The highest BCUT2D eigenvalue weighted by Crippen LogP contribution is 2.27. The maximum atomic E-state index is 11.7. The van der Waals surface area contributed by atoms with Gasteiger partial charge in [0.05, 0.1) is 12.2 Å². The van der Waals surface area contributed by atoms with Crippen LogP contribution in [0.2, 0.25) is 0 Å². The Hall–Kier alpha value is -1.71. The van der Waals surface area contributed by atoms with Gasteiger partial charge in [0, 0.05) is 6.54 Å². The fourth-order valence-electron chi connectivity index (χ4n) is 1.62. The molecule has 4 nitrogen and oxygen atoms in total. The largest absolute Gasteiger partial charge is 0.477 e. The number of carbonyl (C=O) groups is 1. The van der Waals surface area contributed by atoms with Gasteiger partial charge in [-0.3, -0.25) is 4.79 Å². The number of nitrogens with one attached hydrogen (secondary N) is 2. The van der Waals surface area contributed by atoms with Gasteiger partial charge < -0.3 is 15.4 Å². The summed E-state index contributed by atoms with van der Waals surface area (Å²) >= 11 is 0. The molecule has 0 bridgehead atoms. The number of hydrogen-bond acceptors (Lipinski definition) is 3. The second-order valence-electron chi connectivity index (χ2n) is 3.77. The maximum absolute atomic E-state index is 11.7. The van der Waals surface area contributed by atoms with Gasteiger partial charge in [0.1, 0.15) is 5.75 Å². The van der Waals surface area contributed by atoms with Crippen LogP contribution in [0.4, 0.5) is 5.69 Å². The average molecular weight is 220 g/mol. The Morgan fingerprint density at radius 3 is 3.19 bits per heavy atom. The van der Waals surface area contributed by atoms with Crippen LogP contribution in [0, 0.1) is 0 Å². The Kier molecular flexibility index (Phi) is 3.29. The lowest BCUT2D eigenvalue weighted by molar-refractivity contribution is -0.127. The summed E-state index contributed by atoms with van der Waals surface area (Å²) in [5.41, 5.74) is 0.946. The Bertz CT molecular complexity index is 379. The summed E-state index contributed by atoms with van der Waals surface area (Å²) in [5, 5.41) is 6.01. The van der Waals surface area contributed by atoms with Gasteiger partial charge in [-0.05, 0) is 18.6 Å². The number of ether oxygens (including phenoxy) is 1. The minimum Gasteiger partial charge on any atom is -0.477 e. The summed E-state index contributed by atoms with van der Waals surface area (Å²) < 4.78 is 5.62. The van der Waals surface area contributed by atoms with E-state index in [0.29, 0.717) is 13.1 Å². The first-order chi connectivity index (χ1) is 7.81. The summed E-state index contributed by atoms with van der Waals surface area (Å²) in [4.78, 5) is 11.7. The molecule has 0 radical (unpaired) electrons. The molecule has 2 N–H and O–H groups in total. The molecule has 2 rings (SSSR count). The molecule has 86 valence electrons. The van der Waals surface area contributed by atoms with Crippen molar-refractivity contribution in [3.05, 3.63) is 24.3 Å². The van der Waals surface area contributed by atoms with E-state index in [-0.39, 0.29) is 5.91 Å². The smallest absolute Gasteiger partial charge is 0.262 e. The molecule has 0 fully saturated rings. The number of para-hydroxylation sites is 2. The third-order valence-electron chi connectivity index (χ3n) is 2.48. The van der Waals surface area contributed by atoms with Crippen LogP contribution in [-0.4, -0.2) is 25.1 Å². The van der Waals surface area contributed by atoms with E-state index in [1.54, 1.807) is 0 Å². The second kappa shape index (κ2) is 4.88. The predicted octanol–water partition coefficient (Wildman–Crippen LogP) is 1.39. The van der Waals surface area contributed by atoms with E-state index in [1.165, 1.54) is 0 Å². The average Bonchev–Trinajstić information content (AvgIpc) is 2.35. The zero-order valence-corrected chi connectivity index (χ0v) is 9.32. The molecule has 0 aromatic heterocycles. The lowest BCUT2D eigenvalue weighted by Crippen LogP contribution is -2.44. The van der Waals surface area contributed by atoms with E-state index in [1.807, 2.05) is 31.2 Å². The number of rotatable bonds is 3. The predicted molar refractivity (Wildman–Crippen MR) is 62.6 cm³/mol. The molecule has 1 aliphatic heterocycles. The van der Waals surface area contributed by atoms with Gasteiger partial charge in [-0.15, -0.1) is 0 Å². The molecule has 0 saturated carbocycles. The maximum Gasteiger partial charge on any atom is 0.262 e. The van der Waals surface area contributed by atoms with Crippen LogP contribution < -0.4 is 15.4 Å². The monoisotopic (exact) mass is 220 g/mol. The van der Waals surface area contributed by atoms with Gasteiger partial charge >= 0.3 is 0 Å². The van der Waals surface area contributed by atoms with Gasteiger partial charge in [0.15, 0.2) is 6.10 Å². The topological polar surface area (TPSA) is 50.4 Å². The van der Waals surface area contributed by atoms with Gasteiger partial charge in [-0.25, -0.2) is 0 Å². The standard InChI is InChI=1S/C12H16N2O2/c1-2-7-13-12(15)11-8-14-9-5-3-4-6-10(9)16-11/h3-6,11,14H,2,7-8H2,1H3,(H,13,15)/t11-/m1/s1. The van der Waals surface area contributed by atoms with Crippen LogP contribution >= 0.6 is 0 Å². The van der Waals surface area contributed by atoms with E-state index >= 15 is 0 Å². The summed E-state index contributed by atoms with van der Waals surface area (Å²) in [7, 11) is 0. The van der Waals surface area contributed by atoms with Gasteiger partial charge in [0.25, 0.3) is 5.91 Å². The van der Waals surface area contributed by atoms with Crippen LogP contribution in [0.15, 0.2) is 24.3 Å². The van der Waals surface area contributed by atoms with Crippen molar-refractivity contribution in [3.63, 3.8) is 0 Å². The van der Waals surface area contributed by atoms with Crippen molar-refractivity contribution in [2.45, 2.75) is 19.4 Å². The number of amides is 1. The summed E-state index contributed by atoms with van der Waals surface area (Å²) in [6.07, 6.45) is 0.504. The van der Waals surface area contributed by atoms with Crippen LogP contribution in [-0.2, 0) is 4.79 Å². The molecule has 0 aliphatic carbocycles. The molecule has 1 aromatic rings. The van der Waals surface area contributed by atoms with Crippen LogP contribution in [0.1, 0.15) is 13.3 Å². The highest BCUT2D eigenvalue weighted by atomic mass is 16.5. The molecule has 0 spiro atoms. The molecule has 4 heteroatoms. The highest BCUT2D eigenvalue weighted by Gasteiger charge is 2.24. The Morgan fingerprint density at radius 2 is 2.38 bits per heavy atom. The Morgan fingerprint density at radius 1 is 1.56 bits per heavy atom. The van der Waals surface area contributed by atoms with Crippen molar-refractivity contribution in [1.29, 1.82) is 0 Å². The van der Waals surface area contributed by atoms with Crippen molar-refractivity contribution < 1.29 is 9.53 Å². The van der Waals surface area contributed by atoms with Crippen molar-refractivity contribution in [3.8, 4) is 5.75 Å². The summed E-state index contributed by atoms with van der Waals surface area (Å²) in [5.74, 6) is 0.689. The van der Waals surface area contributed by atoms with Crippen molar-refractivity contribution >= 4 is 11.6 Å². The molecule has 0 unspecified atom stereocenters. The van der Waals surface area contributed by atoms with Crippen molar-refractivity contribution in [2.75, 3.05) is 18.4 Å². The zero-order valence-electron chi connectivity index (χ0n) is 9.32.